The van der Waals surface area contributed by atoms with Crippen LogP contribution in [0.4, 0.5) is 4.39 Å². The predicted octanol–water partition coefficient (Wildman–Crippen LogP) is 3.30. The van der Waals surface area contributed by atoms with Crippen molar-refractivity contribution in [2.24, 2.45) is 0 Å². The summed E-state index contributed by atoms with van der Waals surface area (Å²) >= 11 is 0. The Kier molecular flexibility index (Phi) is 3.05. The summed E-state index contributed by atoms with van der Waals surface area (Å²) in [6.07, 6.45) is 4.67. The number of rotatable bonds is 3. The highest BCUT2D eigenvalue weighted by molar-refractivity contribution is 5.52. The van der Waals surface area contributed by atoms with Crippen LogP contribution in [0.15, 0.2) is 12.4 Å². The first-order valence-electron chi connectivity index (χ1n) is 5.80. The zero-order valence-corrected chi connectivity index (χ0v) is 10.6. The number of methoxy groups -OCH3 is 1. The first-order chi connectivity index (χ1) is 8.08. The Balaban J connectivity index is 2.74. The van der Waals surface area contributed by atoms with E-state index >= 15 is 0 Å². The van der Waals surface area contributed by atoms with E-state index in [0.29, 0.717) is 11.4 Å². The van der Waals surface area contributed by atoms with Crippen molar-refractivity contribution in [2.75, 3.05) is 7.11 Å². The van der Waals surface area contributed by atoms with E-state index in [9.17, 15) is 4.39 Å². The molecule has 17 heavy (non-hydrogen) atoms. The van der Waals surface area contributed by atoms with Gasteiger partial charge in [0.2, 0.25) is 5.82 Å². The first kappa shape index (κ1) is 11.9. The minimum Gasteiger partial charge on any atom is -0.493 e. The second kappa shape index (κ2) is 4.35. The molecule has 0 aromatic carbocycles. The molecule has 0 aliphatic rings. The summed E-state index contributed by atoms with van der Waals surface area (Å²) in [6, 6.07) is 0. The number of hydrogen-bond donors (Lipinski definition) is 0. The van der Waals surface area contributed by atoms with E-state index in [0.717, 1.165) is 17.7 Å². The summed E-state index contributed by atoms with van der Waals surface area (Å²) in [5.74, 6) is 0.197. The number of nitrogens with zero attached hydrogens (tertiary/aromatic N) is 2. The molecule has 2 aromatic rings. The lowest BCUT2D eigenvalue weighted by atomic mass is 9.99. The highest BCUT2D eigenvalue weighted by Crippen LogP contribution is 2.32. The number of pyridine rings is 1. The molecule has 2 heterocycles. The van der Waals surface area contributed by atoms with Gasteiger partial charge in [0, 0.05) is 18.0 Å². The Bertz CT molecular complexity index is 548. The van der Waals surface area contributed by atoms with Gasteiger partial charge in [-0.1, -0.05) is 13.8 Å². The average Bonchev–Trinajstić information content (AvgIpc) is 2.69. The van der Waals surface area contributed by atoms with Crippen molar-refractivity contribution in [3.05, 3.63) is 29.5 Å². The van der Waals surface area contributed by atoms with Crippen molar-refractivity contribution < 1.29 is 9.13 Å². The van der Waals surface area contributed by atoms with Crippen LogP contribution < -0.4 is 4.74 Å². The van der Waals surface area contributed by atoms with E-state index in [1.807, 2.05) is 19.3 Å². The van der Waals surface area contributed by atoms with Crippen LogP contribution in [0.25, 0.3) is 5.65 Å². The van der Waals surface area contributed by atoms with Gasteiger partial charge in [-0.3, -0.25) is 0 Å². The normalized spacial score (nSPS) is 13.0. The van der Waals surface area contributed by atoms with Gasteiger partial charge in [-0.2, -0.15) is 4.39 Å². The summed E-state index contributed by atoms with van der Waals surface area (Å²) in [6.45, 7) is 5.99. The maximum absolute atomic E-state index is 14.2. The second-order valence-corrected chi connectivity index (χ2v) is 4.35. The molecule has 0 bridgehead atoms. The van der Waals surface area contributed by atoms with E-state index in [2.05, 4.69) is 18.8 Å². The largest absolute Gasteiger partial charge is 0.493 e. The lowest BCUT2D eigenvalue weighted by Gasteiger charge is -2.15. The molecular weight excluding hydrogens is 219 g/mol. The molecule has 2 rings (SSSR count). The molecule has 0 spiro atoms. The van der Waals surface area contributed by atoms with E-state index in [1.54, 1.807) is 4.40 Å². The zero-order chi connectivity index (χ0) is 12.6. The standard InChI is InChI=1S/C13H17FN2O/c1-5-8(2)10-7-16-6-9(3)15-13(16)11(14)12(10)17-4/h6-8H,5H2,1-4H3. The van der Waals surface area contributed by atoms with Crippen molar-refractivity contribution in [1.82, 2.24) is 9.38 Å². The molecule has 0 radical (unpaired) electrons. The highest BCUT2D eigenvalue weighted by Gasteiger charge is 2.19. The number of aromatic nitrogens is 2. The van der Waals surface area contributed by atoms with Crippen LogP contribution in [0.1, 0.15) is 37.4 Å². The number of imidazole rings is 1. The smallest absolute Gasteiger partial charge is 0.208 e. The molecule has 1 atom stereocenters. The molecule has 0 saturated heterocycles. The third kappa shape index (κ3) is 1.88. The minimum atomic E-state index is -0.376. The van der Waals surface area contributed by atoms with Crippen molar-refractivity contribution in [3.8, 4) is 5.75 Å². The van der Waals surface area contributed by atoms with Gasteiger partial charge >= 0.3 is 0 Å². The Hall–Kier alpha value is -1.58. The van der Waals surface area contributed by atoms with Crippen LogP contribution in [0, 0.1) is 12.7 Å². The van der Waals surface area contributed by atoms with E-state index in [1.165, 1.54) is 7.11 Å². The Labute approximate surface area is 100 Å². The maximum Gasteiger partial charge on any atom is 0.208 e. The van der Waals surface area contributed by atoms with Crippen LogP contribution in [0.5, 0.6) is 5.75 Å². The van der Waals surface area contributed by atoms with Crippen LogP contribution in [0.2, 0.25) is 0 Å². The fourth-order valence-corrected chi connectivity index (χ4v) is 1.99. The molecule has 0 amide bonds. The minimum absolute atomic E-state index is 0.256. The third-order valence-electron chi connectivity index (χ3n) is 3.14. The lowest BCUT2D eigenvalue weighted by molar-refractivity contribution is 0.378. The SMILES string of the molecule is CCC(C)c1cn2cc(C)nc2c(F)c1OC. The van der Waals surface area contributed by atoms with E-state index in [-0.39, 0.29) is 11.7 Å². The number of fused-ring (bicyclic) bond motifs is 1. The number of halogens is 1. The number of hydrogen-bond acceptors (Lipinski definition) is 2. The average molecular weight is 236 g/mol. The molecule has 0 aliphatic carbocycles. The topological polar surface area (TPSA) is 26.5 Å². The molecule has 1 unspecified atom stereocenters. The zero-order valence-electron chi connectivity index (χ0n) is 10.6. The van der Waals surface area contributed by atoms with Crippen LogP contribution in [-0.2, 0) is 0 Å². The van der Waals surface area contributed by atoms with Gasteiger partial charge in [-0.25, -0.2) is 4.98 Å². The molecule has 2 aromatic heterocycles. The maximum atomic E-state index is 14.2. The van der Waals surface area contributed by atoms with Gasteiger partial charge in [-0.05, 0) is 19.3 Å². The first-order valence-corrected chi connectivity index (χ1v) is 5.80. The molecule has 0 saturated carbocycles. The highest BCUT2D eigenvalue weighted by atomic mass is 19.1. The molecule has 0 aliphatic heterocycles. The fraction of sp³-hybridized carbons (Fsp3) is 0.462. The molecule has 92 valence electrons. The molecule has 0 fully saturated rings. The van der Waals surface area contributed by atoms with E-state index < -0.39 is 0 Å². The van der Waals surface area contributed by atoms with Gasteiger partial charge in [0.05, 0.1) is 12.8 Å². The molecule has 4 heteroatoms. The van der Waals surface area contributed by atoms with Crippen molar-refractivity contribution in [2.45, 2.75) is 33.1 Å². The fourth-order valence-electron chi connectivity index (χ4n) is 1.99. The summed E-state index contributed by atoms with van der Waals surface area (Å²) in [5.41, 5.74) is 2.01. The van der Waals surface area contributed by atoms with Gasteiger partial charge in [-0.15, -0.1) is 0 Å². The third-order valence-corrected chi connectivity index (χ3v) is 3.14. The summed E-state index contributed by atoms with van der Waals surface area (Å²) in [5, 5.41) is 0. The van der Waals surface area contributed by atoms with Crippen molar-refractivity contribution in [3.63, 3.8) is 0 Å². The van der Waals surface area contributed by atoms with Crippen LogP contribution >= 0.6 is 0 Å². The summed E-state index contributed by atoms with van der Waals surface area (Å²) in [7, 11) is 1.50. The second-order valence-electron chi connectivity index (χ2n) is 4.35. The monoisotopic (exact) mass is 236 g/mol. The predicted molar refractivity (Wildman–Crippen MR) is 65.1 cm³/mol. The van der Waals surface area contributed by atoms with Crippen LogP contribution in [0.3, 0.4) is 0 Å². The van der Waals surface area contributed by atoms with E-state index in [4.69, 9.17) is 4.74 Å². The number of aryl methyl sites for hydroxylation is 1. The molecular formula is C13H17FN2O. The molecule has 3 nitrogen and oxygen atoms in total. The molecule has 0 N–H and O–H groups in total. The van der Waals surface area contributed by atoms with Crippen LogP contribution in [-0.4, -0.2) is 16.5 Å². The summed E-state index contributed by atoms with van der Waals surface area (Å²) < 4.78 is 21.2. The Morgan fingerprint density at radius 1 is 1.47 bits per heavy atom. The Morgan fingerprint density at radius 2 is 2.18 bits per heavy atom. The number of ether oxygens (including phenoxy) is 1. The lowest BCUT2D eigenvalue weighted by Crippen LogP contribution is -2.03. The van der Waals surface area contributed by atoms with Crippen molar-refractivity contribution >= 4 is 5.65 Å². The van der Waals surface area contributed by atoms with Gasteiger partial charge in [0.15, 0.2) is 11.4 Å². The quantitative estimate of drug-likeness (QED) is 0.817. The van der Waals surface area contributed by atoms with Gasteiger partial charge < -0.3 is 9.14 Å². The summed E-state index contributed by atoms with van der Waals surface area (Å²) in [4.78, 5) is 4.16. The van der Waals surface area contributed by atoms with Gasteiger partial charge in [0.1, 0.15) is 0 Å². The van der Waals surface area contributed by atoms with Gasteiger partial charge in [0.25, 0.3) is 0 Å². The Morgan fingerprint density at radius 3 is 2.76 bits per heavy atom. The van der Waals surface area contributed by atoms with Crippen molar-refractivity contribution in [1.29, 1.82) is 0 Å².